The third kappa shape index (κ3) is 3.97. The minimum atomic E-state index is -0.892. The lowest BCUT2D eigenvalue weighted by Gasteiger charge is -2.19. The van der Waals surface area contributed by atoms with E-state index in [9.17, 15) is 9.90 Å². The number of nitrogens with one attached hydrogen (secondary N) is 1. The summed E-state index contributed by atoms with van der Waals surface area (Å²) in [7, 11) is 0. The van der Waals surface area contributed by atoms with Gasteiger partial charge in [-0.15, -0.1) is 0 Å². The van der Waals surface area contributed by atoms with Crippen LogP contribution in [0.15, 0.2) is 18.2 Å². The van der Waals surface area contributed by atoms with Crippen LogP contribution in [-0.2, 0) is 11.3 Å². The van der Waals surface area contributed by atoms with Gasteiger partial charge in [-0.25, -0.2) is 4.79 Å². The second kappa shape index (κ2) is 6.75. The van der Waals surface area contributed by atoms with Gasteiger partial charge in [0.25, 0.3) is 0 Å². The summed E-state index contributed by atoms with van der Waals surface area (Å²) in [6.45, 7) is 4.66. The Hall–Kier alpha value is -1.55. The van der Waals surface area contributed by atoms with Gasteiger partial charge in [-0.3, -0.25) is 0 Å². The highest BCUT2D eigenvalue weighted by molar-refractivity contribution is 5.72. The van der Waals surface area contributed by atoms with Crippen molar-refractivity contribution in [3.8, 4) is 5.75 Å². The molecule has 1 saturated carbocycles. The molecule has 0 radical (unpaired) electrons. The van der Waals surface area contributed by atoms with E-state index in [-0.39, 0.29) is 0 Å². The summed E-state index contributed by atoms with van der Waals surface area (Å²) in [6, 6.07) is 6.57. The number of carboxylic acids is 1. The number of carbonyl (C=O) groups is 1. The fourth-order valence-corrected chi connectivity index (χ4v) is 2.20. The fourth-order valence-electron chi connectivity index (χ4n) is 2.20. The Morgan fingerprint density at radius 3 is 2.85 bits per heavy atom. The highest BCUT2D eigenvalue weighted by Gasteiger charge is 2.23. The van der Waals surface area contributed by atoms with Crippen molar-refractivity contribution < 1.29 is 14.6 Å². The highest BCUT2D eigenvalue weighted by atomic mass is 16.5. The van der Waals surface area contributed by atoms with E-state index in [2.05, 4.69) is 5.32 Å². The summed E-state index contributed by atoms with van der Waals surface area (Å²) in [6.07, 6.45) is 3.02. The number of aliphatic carboxylic acids is 1. The Balaban J connectivity index is 2.12. The first-order valence-electron chi connectivity index (χ1n) is 7.33. The van der Waals surface area contributed by atoms with Crippen molar-refractivity contribution in [1.29, 1.82) is 0 Å². The molecule has 20 heavy (non-hydrogen) atoms. The highest BCUT2D eigenvalue weighted by Crippen LogP contribution is 2.27. The normalized spacial score (nSPS) is 15.9. The van der Waals surface area contributed by atoms with Gasteiger partial charge in [-0.2, -0.15) is 0 Å². The van der Waals surface area contributed by atoms with Crippen LogP contribution in [0.25, 0.3) is 0 Å². The predicted molar refractivity (Wildman–Crippen MR) is 78.0 cm³/mol. The molecule has 0 aromatic heterocycles. The quantitative estimate of drug-likeness (QED) is 0.767. The predicted octanol–water partition coefficient (Wildman–Crippen LogP) is 2.88. The van der Waals surface area contributed by atoms with Crippen LogP contribution >= 0.6 is 0 Å². The zero-order valence-corrected chi connectivity index (χ0v) is 12.2. The molecule has 1 aliphatic rings. The molecular formula is C16H23NO3. The lowest BCUT2D eigenvalue weighted by molar-refractivity contribution is -0.145. The molecule has 0 spiro atoms. The Labute approximate surface area is 120 Å². The zero-order chi connectivity index (χ0) is 14.5. The van der Waals surface area contributed by atoms with Gasteiger partial charge in [0, 0.05) is 18.2 Å². The summed E-state index contributed by atoms with van der Waals surface area (Å²) in [5, 5.41) is 12.7. The molecule has 2 N–H and O–H groups in total. The first kappa shape index (κ1) is 14.9. The van der Waals surface area contributed by atoms with Crippen molar-refractivity contribution in [2.24, 2.45) is 0 Å². The van der Waals surface area contributed by atoms with E-state index in [0.717, 1.165) is 29.8 Å². The molecule has 0 amide bonds. The van der Waals surface area contributed by atoms with Crippen molar-refractivity contribution in [3.63, 3.8) is 0 Å². The Morgan fingerprint density at radius 1 is 1.50 bits per heavy atom. The summed E-state index contributed by atoms with van der Waals surface area (Å²) in [5.74, 6) is -0.169. The van der Waals surface area contributed by atoms with Crippen molar-refractivity contribution >= 4 is 5.97 Å². The molecule has 1 unspecified atom stereocenters. The molecule has 0 saturated heterocycles. The maximum Gasteiger partial charge on any atom is 0.344 e. The van der Waals surface area contributed by atoms with E-state index in [1.807, 2.05) is 32.0 Å². The summed E-state index contributed by atoms with van der Waals surface area (Å²) in [5.41, 5.74) is 2.03. The Kier molecular flexibility index (Phi) is 5.01. The molecule has 4 nitrogen and oxygen atoms in total. The van der Waals surface area contributed by atoms with Gasteiger partial charge in [0.1, 0.15) is 5.75 Å². The van der Waals surface area contributed by atoms with Crippen molar-refractivity contribution in [2.45, 2.75) is 58.2 Å². The Bertz CT molecular complexity index is 469. The van der Waals surface area contributed by atoms with E-state index in [1.54, 1.807) is 0 Å². The van der Waals surface area contributed by atoms with E-state index in [0.29, 0.717) is 12.5 Å². The third-order valence-corrected chi connectivity index (χ3v) is 3.54. The second-order valence-corrected chi connectivity index (χ2v) is 5.45. The molecule has 1 aromatic carbocycles. The Morgan fingerprint density at radius 2 is 2.25 bits per heavy atom. The van der Waals surface area contributed by atoms with Crippen molar-refractivity contribution in [1.82, 2.24) is 5.32 Å². The lowest BCUT2D eigenvalue weighted by atomic mass is 10.1. The lowest BCUT2D eigenvalue weighted by Crippen LogP contribution is -2.28. The first-order valence-corrected chi connectivity index (χ1v) is 7.33. The molecule has 2 rings (SSSR count). The molecule has 0 bridgehead atoms. The second-order valence-electron chi connectivity index (χ2n) is 5.45. The van der Waals surface area contributed by atoms with Crippen LogP contribution in [0.1, 0.15) is 43.7 Å². The molecule has 0 heterocycles. The first-order chi connectivity index (χ1) is 9.61. The van der Waals surface area contributed by atoms with Crippen LogP contribution < -0.4 is 10.1 Å². The SMILES string of the molecule is CCCC(Oc1c(C)cccc1CNC1CC1)C(=O)O. The summed E-state index contributed by atoms with van der Waals surface area (Å²) in [4.78, 5) is 11.3. The van der Waals surface area contributed by atoms with E-state index >= 15 is 0 Å². The summed E-state index contributed by atoms with van der Waals surface area (Å²) < 4.78 is 5.79. The molecule has 110 valence electrons. The van der Waals surface area contributed by atoms with Gasteiger partial charge < -0.3 is 15.2 Å². The smallest absolute Gasteiger partial charge is 0.344 e. The molecular weight excluding hydrogens is 254 g/mol. The number of hydrogen-bond acceptors (Lipinski definition) is 3. The van der Waals surface area contributed by atoms with Crippen LogP contribution in [0.5, 0.6) is 5.75 Å². The minimum Gasteiger partial charge on any atom is -0.479 e. The molecule has 1 fully saturated rings. The molecule has 1 aliphatic carbocycles. The molecule has 1 aromatic rings. The number of benzene rings is 1. The third-order valence-electron chi connectivity index (χ3n) is 3.54. The average molecular weight is 277 g/mol. The number of rotatable bonds is 8. The number of hydrogen-bond donors (Lipinski definition) is 2. The molecule has 0 aliphatic heterocycles. The van der Waals surface area contributed by atoms with Gasteiger partial charge in [-0.1, -0.05) is 31.5 Å². The summed E-state index contributed by atoms with van der Waals surface area (Å²) >= 11 is 0. The average Bonchev–Trinajstić information content (AvgIpc) is 3.22. The molecule has 4 heteroatoms. The maximum atomic E-state index is 11.3. The van der Waals surface area contributed by atoms with Gasteiger partial charge in [0.2, 0.25) is 0 Å². The monoisotopic (exact) mass is 277 g/mol. The largest absolute Gasteiger partial charge is 0.479 e. The zero-order valence-electron chi connectivity index (χ0n) is 12.2. The van der Waals surface area contributed by atoms with E-state index in [1.165, 1.54) is 12.8 Å². The minimum absolute atomic E-state index is 0.527. The van der Waals surface area contributed by atoms with Crippen LogP contribution in [0.2, 0.25) is 0 Å². The van der Waals surface area contributed by atoms with Crippen molar-refractivity contribution in [3.05, 3.63) is 29.3 Å². The van der Waals surface area contributed by atoms with Gasteiger partial charge >= 0.3 is 5.97 Å². The topological polar surface area (TPSA) is 58.6 Å². The van der Waals surface area contributed by atoms with Crippen LogP contribution in [0, 0.1) is 6.92 Å². The van der Waals surface area contributed by atoms with Crippen molar-refractivity contribution in [2.75, 3.05) is 0 Å². The fraction of sp³-hybridized carbons (Fsp3) is 0.562. The maximum absolute atomic E-state index is 11.3. The van der Waals surface area contributed by atoms with Gasteiger partial charge in [0.05, 0.1) is 0 Å². The van der Waals surface area contributed by atoms with E-state index < -0.39 is 12.1 Å². The van der Waals surface area contributed by atoms with Crippen LogP contribution in [0.3, 0.4) is 0 Å². The number of para-hydroxylation sites is 1. The van der Waals surface area contributed by atoms with Crippen LogP contribution in [-0.4, -0.2) is 23.2 Å². The van der Waals surface area contributed by atoms with Gasteiger partial charge in [-0.05, 0) is 31.7 Å². The number of aryl methyl sites for hydroxylation is 1. The molecule has 1 atom stereocenters. The standard InChI is InChI=1S/C16H23NO3/c1-3-5-14(16(18)19)20-15-11(2)6-4-7-12(15)10-17-13-8-9-13/h4,6-7,13-14,17H,3,5,8-10H2,1-2H3,(H,18,19). The van der Waals surface area contributed by atoms with E-state index in [4.69, 9.17) is 4.74 Å². The number of ether oxygens (including phenoxy) is 1. The number of carboxylic acid groups (broad SMARTS) is 1. The van der Waals surface area contributed by atoms with Gasteiger partial charge in [0.15, 0.2) is 6.10 Å². The van der Waals surface area contributed by atoms with Crippen LogP contribution in [0.4, 0.5) is 0 Å².